The van der Waals surface area contributed by atoms with Gasteiger partial charge in [0.05, 0.1) is 42.2 Å². The SMILES string of the molecule is C=C(F)C(=O)N1CC(c2nn(-c3ccc(NC(F)(F)F)cc3)c3nccc(-c4cnn(C5COC5)c4)c23)C1. The number of carbonyl (C=O) groups is 1. The lowest BCUT2D eigenvalue weighted by Gasteiger charge is -2.38. The number of nitrogens with one attached hydrogen (secondary N) is 1. The van der Waals surface area contributed by atoms with Crippen molar-refractivity contribution < 1.29 is 27.1 Å². The van der Waals surface area contributed by atoms with Crippen LogP contribution in [0.25, 0.3) is 27.8 Å². The van der Waals surface area contributed by atoms with Crippen molar-refractivity contribution in [2.45, 2.75) is 18.3 Å². The largest absolute Gasteiger partial charge is 0.482 e. The number of benzene rings is 1. The van der Waals surface area contributed by atoms with E-state index in [0.717, 1.165) is 16.5 Å². The third-order valence-corrected chi connectivity index (χ3v) is 6.69. The van der Waals surface area contributed by atoms with Crippen LogP contribution in [-0.4, -0.2) is 68.0 Å². The number of alkyl halides is 3. The minimum absolute atomic E-state index is 0.112. The number of fused-ring (bicyclic) bond motifs is 1. The lowest BCUT2D eigenvalue weighted by Crippen LogP contribution is -2.48. The second-order valence-electron chi connectivity index (χ2n) is 9.24. The molecule has 4 aromatic rings. The second-order valence-corrected chi connectivity index (χ2v) is 9.24. The summed E-state index contributed by atoms with van der Waals surface area (Å²) in [7, 11) is 0. The molecule has 1 N–H and O–H groups in total. The van der Waals surface area contributed by atoms with Crippen LogP contribution < -0.4 is 5.32 Å². The number of pyridine rings is 1. The molecular weight excluding hydrogens is 506 g/mol. The molecule has 38 heavy (non-hydrogen) atoms. The molecule has 6 rings (SSSR count). The number of nitrogens with zero attached hydrogens (tertiary/aromatic N) is 6. The predicted octanol–water partition coefficient (Wildman–Crippen LogP) is 4.20. The van der Waals surface area contributed by atoms with E-state index >= 15 is 0 Å². The summed E-state index contributed by atoms with van der Waals surface area (Å²) in [6.45, 7) is 4.74. The standard InChI is InChI=1S/C25H21F4N7O2/c1-14(26)24(37)34-9-16(10-34)22-21-20(15-8-31-35(11-15)19-12-38-13-19)6-7-30-23(21)36(33-22)18-4-2-17(3-5-18)32-25(27,28)29/h2-8,11,16,19,32H,1,9-10,12-13H2. The summed E-state index contributed by atoms with van der Waals surface area (Å²) in [5.41, 5.74) is 3.18. The summed E-state index contributed by atoms with van der Waals surface area (Å²) in [6.07, 6.45) is 0.741. The fraction of sp³-hybridized carbons (Fsp3) is 0.280. The molecule has 2 aliphatic rings. The molecule has 0 bridgehead atoms. The van der Waals surface area contributed by atoms with Crippen molar-refractivity contribution in [1.29, 1.82) is 0 Å². The molecule has 0 aliphatic carbocycles. The Kier molecular flexibility index (Phi) is 5.67. The highest BCUT2D eigenvalue weighted by atomic mass is 19.4. The Bertz CT molecular complexity index is 1530. The van der Waals surface area contributed by atoms with Gasteiger partial charge in [0.1, 0.15) is 0 Å². The molecule has 5 heterocycles. The van der Waals surface area contributed by atoms with Crippen molar-refractivity contribution in [1.82, 2.24) is 29.4 Å². The van der Waals surface area contributed by atoms with Crippen LogP contribution in [0.4, 0.5) is 23.2 Å². The van der Waals surface area contributed by atoms with E-state index in [9.17, 15) is 22.4 Å². The minimum atomic E-state index is -4.56. The highest BCUT2D eigenvalue weighted by molar-refractivity contribution is 5.96. The van der Waals surface area contributed by atoms with Gasteiger partial charge in [-0.05, 0) is 35.9 Å². The van der Waals surface area contributed by atoms with Gasteiger partial charge in [-0.25, -0.2) is 14.1 Å². The Hall–Kier alpha value is -4.26. The van der Waals surface area contributed by atoms with E-state index in [4.69, 9.17) is 9.84 Å². The first-order valence-corrected chi connectivity index (χ1v) is 11.8. The Morgan fingerprint density at radius 1 is 1.13 bits per heavy atom. The minimum Gasteiger partial charge on any atom is -0.377 e. The fourth-order valence-electron chi connectivity index (χ4n) is 4.67. The quantitative estimate of drug-likeness (QED) is 0.230. The van der Waals surface area contributed by atoms with Gasteiger partial charge in [0.2, 0.25) is 0 Å². The van der Waals surface area contributed by atoms with E-state index in [1.807, 2.05) is 16.9 Å². The monoisotopic (exact) mass is 527 g/mol. The zero-order valence-corrected chi connectivity index (χ0v) is 19.8. The van der Waals surface area contributed by atoms with E-state index in [1.54, 1.807) is 17.1 Å². The predicted molar refractivity (Wildman–Crippen MR) is 129 cm³/mol. The van der Waals surface area contributed by atoms with Crippen molar-refractivity contribution in [2.24, 2.45) is 0 Å². The lowest BCUT2D eigenvalue weighted by molar-refractivity contribution is -0.133. The van der Waals surface area contributed by atoms with Gasteiger partial charge in [-0.2, -0.15) is 23.4 Å². The number of ether oxygens (including phenoxy) is 1. The molecule has 2 fully saturated rings. The molecule has 0 spiro atoms. The van der Waals surface area contributed by atoms with E-state index in [-0.39, 0.29) is 30.7 Å². The molecule has 196 valence electrons. The van der Waals surface area contributed by atoms with Gasteiger partial charge in [-0.1, -0.05) is 6.58 Å². The Morgan fingerprint density at radius 3 is 2.50 bits per heavy atom. The van der Waals surface area contributed by atoms with Gasteiger partial charge in [-0.3, -0.25) is 14.8 Å². The van der Waals surface area contributed by atoms with Crippen LogP contribution >= 0.6 is 0 Å². The lowest BCUT2D eigenvalue weighted by atomic mass is 9.92. The zero-order valence-electron chi connectivity index (χ0n) is 19.8. The molecule has 1 amide bonds. The van der Waals surface area contributed by atoms with Crippen molar-refractivity contribution >= 4 is 22.6 Å². The van der Waals surface area contributed by atoms with Crippen molar-refractivity contribution in [3.05, 3.63) is 67.0 Å². The molecule has 3 aromatic heterocycles. The van der Waals surface area contributed by atoms with Crippen LogP contribution in [0.5, 0.6) is 0 Å². The van der Waals surface area contributed by atoms with Gasteiger partial charge in [0.25, 0.3) is 5.91 Å². The van der Waals surface area contributed by atoms with Crippen LogP contribution in [0.3, 0.4) is 0 Å². The number of aromatic nitrogens is 5. The van der Waals surface area contributed by atoms with Gasteiger partial charge < -0.3 is 9.64 Å². The topological polar surface area (TPSA) is 90.1 Å². The highest BCUT2D eigenvalue weighted by Gasteiger charge is 2.37. The maximum atomic E-state index is 13.4. The average Bonchev–Trinajstić information content (AvgIpc) is 3.42. The number of halogens is 4. The van der Waals surface area contributed by atoms with E-state index in [0.29, 0.717) is 30.2 Å². The normalized spacial score (nSPS) is 16.4. The Morgan fingerprint density at radius 2 is 1.87 bits per heavy atom. The summed E-state index contributed by atoms with van der Waals surface area (Å²) < 4.78 is 60.2. The molecular formula is C25H21F4N7O2. The van der Waals surface area contributed by atoms with Crippen LogP contribution in [-0.2, 0) is 9.53 Å². The van der Waals surface area contributed by atoms with E-state index in [1.165, 1.54) is 34.5 Å². The second kappa shape index (κ2) is 8.94. The molecule has 2 aliphatic heterocycles. The number of amides is 1. The van der Waals surface area contributed by atoms with E-state index in [2.05, 4.69) is 16.7 Å². The summed E-state index contributed by atoms with van der Waals surface area (Å²) in [4.78, 5) is 17.9. The highest BCUT2D eigenvalue weighted by Crippen LogP contribution is 2.38. The summed E-state index contributed by atoms with van der Waals surface area (Å²) in [5.74, 6) is -1.99. The van der Waals surface area contributed by atoms with Crippen LogP contribution in [0, 0.1) is 0 Å². The smallest absolute Gasteiger partial charge is 0.377 e. The molecule has 0 radical (unpaired) electrons. The van der Waals surface area contributed by atoms with Gasteiger partial charge in [0, 0.05) is 42.7 Å². The summed E-state index contributed by atoms with van der Waals surface area (Å²) >= 11 is 0. The molecule has 13 heteroatoms. The summed E-state index contributed by atoms with van der Waals surface area (Å²) in [6, 6.07) is 7.64. The first-order valence-electron chi connectivity index (χ1n) is 11.8. The van der Waals surface area contributed by atoms with Crippen LogP contribution in [0.15, 0.2) is 61.3 Å². The molecule has 2 saturated heterocycles. The molecule has 0 unspecified atom stereocenters. The van der Waals surface area contributed by atoms with Crippen molar-refractivity contribution in [2.75, 3.05) is 31.6 Å². The number of carbonyl (C=O) groups excluding carboxylic acids is 1. The average molecular weight is 527 g/mol. The van der Waals surface area contributed by atoms with Gasteiger partial charge >= 0.3 is 6.30 Å². The first kappa shape index (κ1) is 24.1. The fourth-order valence-corrected chi connectivity index (χ4v) is 4.67. The molecule has 0 saturated carbocycles. The van der Waals surface area contributed by atoms with Gasteiger partial charge in [0.15, 0.2) is 11.5 Å². The number of anilines is 1. The number of rotatable bonds is 6. The first-order chi connectivity index (χ1) is 18.2. The maximum absolute atomic E-state index is 13.4. The molecule has 1 aromatic carbocycles. The van der Waals surface area contributed by atoms with E-state index < -0.39 is 18.0 Å². The van der Waals surface area contributed by atoms with Crippen LogP contribution in [0.1, 0.15) is 17.7 Å². The Labute approximate surface area is 213 Å². The Balaban J connectivity index is 1.42. The van der Waals surface area contributed by atoms with Gasteiger partial charge in [-0.15, -0.1) is 0 Å². The van der Waals surface area contributed by atoms with Crippen molar-refractivity contribution in [3.63, 3.8) is 0 Å². The number of likely N-dealkylation sites (tertiary alicyclic amines) is 1. The number of hydrogen-bond donors (Lipinski definition) is 1. The number of hydrogen-bond acceptors (Lipinski definition) is 6. The van der Waals surface area contributed by atoms with Crippen LogP contribution in [0.2, 0.25) is 0 Å². The maximum Gasteiger partial charge on any atom is 0.482 e. The molecule has 0 atom stereocenters. The third-order valence-electron chi connectivity index (χ3n) is 6.69. The van der Waals surface area contributed by atoms with Crippen molar-refractivity contribution in [3.8, 4) is 16.8 Å². The summed E-state index contributed by atoms with van der Waals surface area (Å²) in [5, 5.41) is 11.5. The third kappa shape index (κ3) is 4.28. The zero-order chi connectivity index (χ0) is 26.6. The molecule has 9 nitrogen and oxygen atoms in total.